The number of halogens is 1. The van der Waals surface area contributed by atoms with Crippen molar-refractivity contribution in [1.82, 2.24) is 4.90 Å². The number of rotatable bonds is 4. The molecule has 0 bridgehead atoms. The molecule has 1 N–H and O–H groups in total. The van der Waals surface area contributed by atoms with Crippen LogP contribution in [0, 0.1) is 17.1 Å². The first-order valence-corrected chi connectivity index (χ1v) is 7.36. The van der Waals surface area contributed by atoms with Crippen LogP contribution >= 0.6 is 0 Å². The van der Waals surface area contributed by atoms with Crippen LogP contribution in [0.2, 0.25) is 0 Å². The van der Waals surface area contributed by atoms with Crippen LogP contribution in [0.15, 0.2) is 36.4 Å². The van der Waals surface area contributed by atoms with Crippen molar-refractivity contribution in [2.24, 2.45) is 0 Å². The van der Waals surface area contributed by atoms with Gasteiger partial charge in [0.2, 0.25) is 0 Å². The van der Waals surface area contributed by atoms with Gasteiger partial charge in [-0.25, -0.2) is 9.18 Å². The van der Waals surface area contributed by atoms with Gasteiger partial charge in [0.15, 0.2) is 0 Å². The Balaban J connectivity index is 1.95. The van der Waals surface area contributed by atoms with E-state index >= 15 is 0 Å². The minimum atomic E-state index is -1.06. The number of nitrogens with zero attached hydrogens (tertiary/aromatic N) is 2. The van der Waals surface area contributed by atoms with Crippen molar-refractivity contribution in [3.8, 4) is 11.8 Å². The normalized spacial score (nSPS) is 15.6. The molecule has 126 valence electrons. The Labute approximate surface area is 142 Å². The zero-order valence-electron chi connectivity index (χ0n) is 13.2. The molecule has 7 heteroatoms. The van der Waals surface area contributed by atoms with Crippen LogP contribution in [0.3, 0.4) is 0 Å². The fraction of sp³-hybridized carbons (Fsp3) is 0.167. The Hall–Kier alpha value is -3.40. The van der Waals surface area contributed by atoms with Crippen LogP contribution in [0.25, 0.3) is 0 Å². The highest BCUT2D eigenvalue weighted by atomic mass is 19.1. The average molecular weight is 340 g/mol. The highest BCUT2D eigenvalue weighted by Crippen LogP contribution is 2.38. The van der Waals surface area contributed by atoms with Gasteiger partial charge in [-0.05, 0) is 23.8 Å². The summed E-state index contributed by atoms with van der Waals surface area (Å²) in [6, 6.07) is 9.62. The van der Waals surface area contributed by atoms with Crippen LogP contribution in [-0.4, -0.2) is 29.0 Å². The SMILES string of the molecule is COc1cc(F)c2c(c1)C(C#N)N(Cc1ccc(C(=O)O)cc1)C2=O. The molecule has 1 amide bonds. The summed E-state index contributed by atoms with van der Waals surface area (Å²) < 4.78 is 19.3. The van der Waals surface area contributed by atoms with E-state index in [4.69, 9.17) is 9.84 Å². The first kappa shape index (κ1) is 16.5. The van der Waals surface area contributed by atoms with Crippen LogP contribution in [0.4, 0.5) is 4.39 Å². The number of benzene rings is 2. The largest absolute Gasteiger partial charge is 0.497 e. The van der Waals surface area contributed by atoms with Crippen LogP contribution in [0.5, 0.6) is 5.75 Å². The molecule has 1 atom stereocenters. The molecule has 0 saturated heterocycles. The van der Waals surface area contributed by atoms with Crippen molar-refractivity contribution < 1.29 is 23.8 Å². The van der Waals surface area contributed by atoms with Gasteiger partial charge in [-0.3, -0.25) is 4.79 Å². The standard InChI is InChI=1S/C18H13FN2O4/c1-25-12-6-13-15(8-20)21(17(22)16(13)14(19)7-12)9-10-2-4-11(5-3-10)18(23)24/h2-7,15H,9H2,1H3,(H,23,24). The lowest BCUT2D eigenvalue weighted by molar-refractivity contribution is 0.0694. The lowest BCUT2D eigenvalue weighted by Crippen LogP contribution is -2.27. The molecule has 0 saturated carbocycles. The van der Waals surface area contributed by atoms with Gasteiger partial charge in [0.1, 0.15) is 17.6 Å². The number of amides is 1. The van der Waals surface area contributed by atoms with Gasteiger partial charge in [0.05, 0.1) is 24.3 Å². The van der Waals surface area contributed by atoms with Gasteiger partial charge < -0.3 is 14.7 Å². The third-order valence-electron chi connectivity index (χ3n) is 4.09. The van der Waals surface area contributed by atoms with E-state index in [1.165, 1.54) is 30.2 Å². The van der Waals surface area contributed by atoms with Gasteiger partial charge in [0.25, 0.3) is 5.91 Å². The molecule has 0 aliphatic carbocycles. The number of methoxy groups -OCH3 is 1. The lowest BCUT2D eigenvalue weighted by atomic mass is 10.0. The quantitative estimate of drug-likeness (QED) is 0.924. The summed E-state index contributed by atoms with van der Waals surface area (Å²) in [4.78, 5) is 24.7. The molecule has 1 aliphatic heterocycles. The highest BCUT2D eigenvalue weighted by Gasteiger charge is 2.39. The molecule has 0 aromatic heterocycles. The number of aromatic carboxylic acids is 1. The molecule has 0 spiro atoms. The van der Waals surface area contributed by atoms with Gasteiger partial charge in [-0.15, -0.1) is 0 Å². The monoisotopic (exact) mass is 340 g/mol. The summed E-state index contributed by atoms with van der Waals surface area (Å²) in [5.74, 6) is -2.13. The number of fused-ring (bicyclic) bond motifs is 1. The van der Waals surface area contributed by atoms with E-state index in [-0.39, 0.29) is 29.0 Å². The number of carbonyl (C=O) groups excluding carboxylic acids is 1. The minimum absolute atomic E-state index is 0.0629. The predicted octanol–water partition coefficient (Wildman–Crippen LogP) is 2.75. The van der Waals surface area contributed by atoms with Gasteiger partial charge >= 0.3 is 5.97 Å². The second-order valence-electron chi connectivity index (χ2n) is 5.54. The summed E-state index contributed by atoms with van der Waals surface area (Å²) >= 11 is 0. The molecule has 1 unspecified atom stereocenters. The molecule has 0 radical (unpaired) electrons. The minimum Gasteiger partial charge on any atom is -0.497 e. The van der Waals surface area contributed by atoms with Crippen molar-refractivity contribution in [3.05, 3.63) is 64.5 Å². The molecule has 2 aromatic carbocycles. The lowest BCUT2D eigenvalue weighted by Gasteiger charge is -2.20. The maximum Gasteiger partial charge on any atom is 0.335 e. The number of nitriles is 1. The van der Waals surface area contributed by atoms with E-state index in [1.54, 1.807) is 12.1 Å². The number of hydrogen-bond donors (Lipinski definition) is 1. The van der Waals surface area contributed by atoms with Gasteiger partial charge in [-0.2, -0.15) is 5.26 Å². The van der Waals surface area contributed by atoms with Crippen molar-refractivity contribution in [3.63, 3.8) is 0 Å². The Morgan fingerprint density at radius 3 is 2.60 bits per heavy atom. The Morgan fingerprint density at radius 2 is 2.04 bits per heavy atom. The van der Waals surface area contributed by atoms with Crippen molar-refractivity contribution in [1.29, 1.82) is 5.26 Å². The van der Waals surface area contributed by atoms with E-state index in [2.05, 4.69) is 0 Å². The Bertz CT molecular complexity index is 903. The van der Waals surface area contributed by atoms with Gasteiger partial charge in [0, 0.05) is 18.2 Å². The molecule has 25 heavy (non-hydrogen) atoms. The maximum atomic E-state index is 14.3. The molecule has 0 fully saturated rings. The van der Waals surface area contributed by atoms with Crippen LogP contribution in [0.1, 0.15) is 37.9 Å². The van der Waals surface area contributed by atoms with E-state index in [9.17, 15) is 19.2 Å². The summed E-state index contributed by atoms with van der Waals surface area (Å²) in [5.41, 5.74) is 0.896. The molecule has 2 aromatic rings. The van der Waals surface area contributed by atoms with Gasteiger partial charge in [-0.1, -0.05) is 12.1 Å². The summed E-state index contributed by atoms with van der Waals surface area (Å²) in [5, 5.41) is 18.4. The third-order valence-corrected chi connectivity index (χ3v) is 4.09. The Kier molecular flexibility index (Phi) is 4.11. The molecular weight excluding hydrogens is 327 g/mol. The Morgan fingerprint density at radius 1 is 1.36 bits per heavy atom. The number of carboxylic acids is 1. The number of carboxylic acid groups (broad SMARTS) is 1. The van der Waals surface area contributed by atoms with E-state index in [0.717, 1.165) is 6.07 Å². The van der Waals surface area contributed by atoms with E-state index in [1.807, 2.05) is 6.07 Å². The van der Waals surface area contributed by atoms with Crippen molar-refractivity contribution in [2.45, 2.75) is 12.6 Å². The molecule has 1 aliphatic rings. The smallest absolute Gasteiger partial charge is 0.335 e. The summed E-state index contributed by atoms with van der Waals surface area (Å²) in [7, 11) is 1.38. The molecular formula is C18H13FN2O4. The van der Waals surface area contributed by atoms with Crippen molar-refractivity contribution in [2.75, 3.05) is 7.11 Å². The zero-order valence-corrected chi connectivity index (χ0v) is 13.2. The van der Waals surface area contributed by atoms with E-state index in [0.29, 0.717) is 5.56 Å². The average Bonchev–Trinajstić information content (AvgIpc) is 2.87. The molecule has 6 nitrogen and oxygen atoms in total. The molecule has 1 heterocycles. The summed E-state index contributed by atoms with van der Waals surface area (Å²) in [6.07, 6.45) is 0. The topological polar surface area (TPSA) is 90.6 Å². The van der Waals surface area contributed by atoms with Crippen LogP contribution < -0.4 is 4.74 Å². The van der Waals surface area contributed by atoms with E-state index < -0.39 is 23.7 Å². The fourth-order valence-electron chi connectivity index (χ4n) is 2.84. The third kappa shape index (κ3) is 2.78. The second-order valence-corrected chi connectivity index (χ2v) is 5.54. The highest BCUT2D eigenvalue weighted by molar-refractivity contribution is 6.00. The number of carbonyl (C=O) groups is 2. The first-order chi connectivity index (χ1) is 12.0. The molecule has 3 rings (SSSR count). The maximum absolute atomic E-state index is 14.3. The second kappa shape index (κ2) is 6.24. The first-order valence-electron chi connectivity index (χ1n) is 7.36. The van der Waals surface area contributed by atoms with Crippen LogP contribution in [-0.2, 0) is 6.54 Å². The number of hydrogen-bond acceptors (Lipinski definition) is 4. The van der Waals surface area contributed by atoms with Crippen molar-refractivity contribution >= 4 is 11.9 Å². The fourth-order valence-corrected chi connectivity index (χ4v) is 2.84. The summed E-state index contributed by atoms with van der Waals surface area (Å²) in [6.45, 7) is 0.0629. The zero-order chi connectivity index (χ0) is 18.1. The number of ether oxygens (including phenoxy) is 1. The predicted molar refractivity (Wildman–Crippen MR) is 84.6 cm³/mol.